The van der Waals surface area contributed by atoms with Gasteiger partial charge >= 0.3 is 7.12 Å². The average Bonchev–Trinajstić information content (AvgIpc) is 2.31. The lowest BCUT2D eigenvalue weighted by Crippen LogP contribution is -2.30. The van der Waals surface area contributed by atoms with E-state index in [1.807, 2.05) is 0 Å². The lowest BCUT2D eigenvalue weighted by molar-refractivity contribution is 0.0237. The molecule has 2 rings (SSSR count). The molecule has 6 heteroatoms. The van der Waals surface area contributed by atoms with Gasteiger partial charge in [0.05, 0.1) is 13.2 Å². The van der Waals surface area contributed by atoms with Crippen molar-refractivity contribution < 1.29 is 19.5 Å². The minimum Gasteiger partial charge on any atom is -0.474 e. The Balaban J connectivity index is 1.93. The molecule has 2 heterocycles. The van der Waals surface area contributed by atoms with Gasteiger partial charge in [0.2, 0.25) is 5.88 Å². The maximum absolute atomic E-state index is 8.89. The van der Waals surface area contributed by atoms with Crippen molar-refractivity contribution in [2.45, 2.75) is 18.9 Å². The number of rotatable bonds is 3. The van der Waals surface area contributed by atoms with Crippen LogP contribution in [-0.2, 0) is 4.74 Å². The first-order chi connectivity index (χ1) is 7.75. The van der Waals surface area contributed by atoms with Gasteiger partial charge in [-0.2, -0.15) is 0 Å². The van der Waals surface area contributed by atoms with E-state index in [0.29, 0.717) is 11.3 Å². The first kappa shape index (κ1) is 11.4. The molecular weight excluding hydrogens is 209 g/mol. The fraction of sp³-hybridized carbons (Fsp3) is 0.500. The first-order valence-electron chi connectivity index (χ1n) is 5.32. The number of nitrogens with zero attached hydrogens (tertiary/aromatic N) is 1. The zero-order valence-electron chi connectivity index (χ0n) is 8.87. The van der Waals surface area contributed by atoms with Crippen molar-refractivity contribution >= 4 is 12.6 Å². The summed E-state index contributed by atoms with van der Waals surface area (Å²) in [7, 11) is -1.48. The van der Waals surface area contributed by atoms with Crippen molar-refractivity contribution in [3.05, 3.63) is 18.3 Å². The van der Waals surface area contributed by atoms with E-state index < -0.39 is 7.12 Å². The van der Waals surface area contributed by atoms with E-state index in [1.54, 1.807) is 12.1 Å². The fourth-order valence-electron chi connectivity index (χ4n) is 1.58. The van der Waals surface area contributed by atoms with Crippen LogP contribution in [0.25, 0.3) is 0 Å². The SMILES string of the molecule is OB(O)c1ccc(OC2CCOCC2)nc1. The van der Waals surface area contributed by atoms with Gasteiger partial charge in [0.25, 0.3) is 0 Å². The molecule has 16 heavy (non-hydrogen) atoms. The van der Waals surface area contributed by atoms with Gasteiger partial charge in [-0.15, -0.1) is 0 Å². The Kier molecular flexibility index (Phi) is 3.76. The van der Waals surface area contributed by atoms with Gasteiger partial charge in [0, 0.05) is 24.5 Å². The molecule has 0 aromatic carbocycles. The maximum Gasteiger partial charge on any atom is 0.490 e. The summed E-state index contributed by atoms with van der Waals surface area (Å²) >= 11 is 0. The maximum atomic E-state index is 8.89. The second kappa shape index (κ2) is 5.29. The molecule has 1 aromatic heterocycles. The van der Waals surface area contributed by atoms with Gasteiger partial charge in [-0.25, -0.2) is 4.98 Å². The van der Waals surface area contributed by atoms with E-state index in [9.17, 15) is 0 Å². The third-order valence-electron chi connectivity index (χ3n) is 2.51. The molecular formula is C10H14BNO4. The lowest BCUT2D eigenvalue weighted by atomic mass is 9.82. The highest BCUT2D eigenvalue weighted by Gasteiger charge is 2.16. The van der Waals surface area contributed by atoms with Crippen molar-refractivity contribution in [3.63, 3.8) is 0 Å². The largest absolute Gasteiger partial charge is 0.490 e. The number of ether oxygens (including phenoxy) is 2. The molecule has 1 fully saturated rings. The molecule has 1 saturated heterocycles. The predicted molar refractivity (Wildman–Crippen MR) is 58.5 cm³/mol. The summed E-state index contributed by atoms with van der Waals surface area (Å²) in [5.41, 5.74) is 0.360. The van der Waals surface area contributed by atoms with Gasteiger partial charge in [-0.1, -0.05) is 6.07 Å². The number of pyridine rings is 1. The normalized spacial score (nSPS) is 17.1. The zero-order chi connectivity index (χ0) is 11.4. The van der Waals surface area contributed by atoms with Gasteiger partial charge in [-0.3, -0.25) is 0 Å². The molecule has 5 nitrogen and oxygen atoms in total. The van der Waals surface area contributed by atoms with Crippen LogP contribution in [0.2, 0.25) is 0 Å². The Morgan fingerprint density at radius 1 is 1.31 bits per heavy atom. The van der Waals surface area contributed by atoms with Crippen LogP contribution in [0.5, 0.6) is 5.88 Å². The molecule has 0 bridgehead atoms. The molecule has 0 aliphatic carbocycles. The minimum atomic E-state index is -1.48. The second-order valence-corrected chi connectivity index (χ2v) is 3.73. The predicted octanol–water partition coefficient (Wildman–Crippen LogP) is -0.681. The van der Waals surface area contributed by atoms with Crippen molar-refractivity contribution in [1.82, 2.24) is 4.98 Å². The van der Waals surface area contributed by atoms with Crippen molar-refractivity contribution in [1.29, 1.82) is 0 Å². The Morgan fingerprint density at radius 2 is 2.06 bits per heavy atom. The van der Waals surface area contributed by atoms with Crippen LogP contribution in [0.3, 0.4) is 0 Å². The van der Waals surface area contributed by atoms with Crippen molar-refractivity contribution in [3.8, 4) is 5.88 Å². The lowest BCUT2D eigenvalue weighted by Gasteiger charge is -2.22. The third kappa shape index (κ3) is 2.94. The van der Waals surface area contributed by atoms with Crippen LogP contribution in [-0.4, -0.2) is 41.5 Å². The zero-order valence-corrected chi connectivity index (χ0v) is 8.87. The molecule has 1 aliphatic rings. The molecule has 1 aliphatic heterocycles. The molecule has 2 N–H and O–H groups in total. The molecule has 0 spiro atoms. The van der Waals surface area contributed by atoms with Crippen LogP contribution in [0.4, 0.5) is 0 Å². The van der Waals surface area contributed by atoms with Gasteiger partial charge < -0.3 is 19.5 Å². The van der Waals surface area contributed by atoms with E-state index in [4.69, 9.17) is 19.5 Å². The summed E-state index contributed by atoms with van der Waals surface area (Å²) in [4.78, 5) is 4.01. The van der Waals surface area contributed by atoms with E-state index in [1.165, 1.54) is 6.20 Å². The monoisotopic (exact) mass is 223 g/mol. The van der Waals surface area contributed by atoms with Crippen LogP contribution >= 0.6 is 0 Å². The molecule has 0 saturated carbocycles. The van der Waals surface area contributed by atoms with Crippen LogP contribution in [0, 0.1) is 0 Å². The molecule has 86 valence electrons. The fourth-order valence-corrected chi connectivity index (χ4v) is 1.58. The summed E-state index contributed by atoms with van der Waals surface area (Å²) in [5, 5.41) is 17.8. The topological polar surface area (TPSA) is 71.8 Å². The van der Waals surface area contributed by atoms with Crippen LogP contribution in [0.15, 0.2) is 18.3 Å². The van der Waals surface area contributed by atoms with Crippen molar-refractivity contribution in [2.24, 2.45) is 0 Å². The van der Waals surface area contributed by atoms with E-state index in [0.717, 1.165) is 26.1 Å². The van der Waals surface area contributed by atoms with Gasteiger partial charge in [-0.05, 0) is 6.07 Å². The first-order valence-corrected chi connectivity index (χ1v) is 5.32. The number of aromatic nitrogens is 1. The minimum absolute atomic E-state index is 0.145. The summed E-state index contributed by atoms with van der Waals surface area (Å²) in [6, 6.07) is 3.23. The number of hydrogen-bond acceptors (Lipinski definition) is 5. The van der Waals surface area contributed by atoms with Gasteiger partial charge in [0.1, 0.15) is 6.10 Å². The van der Waals surface area contributed by atoms with E-state index in [-0.39, 0.29) is 6.10 Å². The highest BCUT2D eigenvalue weighted by atomic mass is 16.5. The molecule has 0 unspecified atom stereocenters. The molecule has 0 atom stereocenters. The summed E-state index contributed by atoms with van der Waals surface area (Å²) in [5.74, 6) is 0.510. The Bertz CT molecular complexity index is 324. The summed E-state index contributed by atoms with van der Waals surface area (Å²) < 4.78 is 10.9. The standard InChI is InChI=1S/C10H14BNO4/c13-11(14)8-1-2-10(12-7-8)16-9-3-5-15-6-4-9/h1-2,7,9,13-14H,3-6H2. The highest BCUT2D eigenvalue weighted by molar-refractivity contribution is 6.58. The van der Waals surface area contributed by atoms with Crippen molar-refractivity contribution in [2.75, 3.05) is 13.2 Å². The Hall–Kier alpha value is -1.11. The Morgan fingerprint density at radius 3 is 2.62 bits per heavy atom. The highest BCUT2D eigenvalue weighted by Crippen LogP contribution is 2.14. The summed E-state index contributed by atoms with van der Waals surface area (Å²) in [6.07, 6.45) is 3.28. The van der Waals surface area contributed by atoms with E-state index >= 15 is 0 Å². The molecule has 1 aromatic rings. The third-order valence-corrected chi connectivity index (χ3v) is 2.51. The Labute approximate surface area is 94.2 Å². The summed E-state index contributed by atoms with van der Waals surface area (Å²) in [6.45, 7) is 1.44. The second-order valence-electron chi connectivity index (χ2n) is 3.73. The van der Waals surface area contributed by atoms with E-state index in [2.05, 4.69) is 4.98 Å². The number of hydrogen-bond donors (Lipinski definition) is 2. The van der Waals surface area contributed by atoms with Crippen LogP contribution < -0.4 is 10.2 Å². The quantitative estimate of drug-likeness (QED) is 0.664. The van der Waals surface area contributed by atoms with Gasteiger partial charge in [0.15, 0.2) is 0 Å². The molecule has 0 radical (unpaired) electrons. The average molecular weight is 223 g/mol. The smallest absolute Gasteiger partial charge is 0.474 e. The molecule has 0 amide bonds. The van der Waals surface area contributed by atoms with Crippen LogP contribution in [0.1, 0.15) is 12.8 Å².